The minimum atomic E-state index is -3.72. The summed E-state index contributed by atoms with van der Waals surface area (Å²) in [5.74, 6) is -0.354. The molecular formula is C18H21N3O5S. The quantitative estimate of drug-likeness (QED) is 0.579. The molecule has 2 aromatic rings. The van der Waals surface area contributed by atoms with Gasteiger partial charge in [0, 0.05) is 6.54 Å². The van der Waals surface area contributed by atoms with Crippen LogP contribution in [0.5, 0.6) is 5.75 Å². The van der Waals surface area contributed by atoms with Gasteiger partial charge in [-0.2, -0.15) is 0 Å². The van der Waals surface area contributed by atoms with E-state index in [9.17, 15) is 18.0 Å². The molecule has 0 heterocycles. The van der Waals surface area contributed by atoms with Crippen molar-refractivity contribution in [2.24, 2.45) is 5.14 Å². The molecule has 0 aliphatic rings. The molecule has 0 radical (unpaired) electrons. The van der Waals surface area contributed by atoms with Crippen molar-refractivity contribution >= 4 is 27.5 Å². The number of hydrogen-bond acceptors (Lipinski definition) is 5. The zero-order valence-electron chi connectivity index (χ0n) is 14.8. The molecule has 0 aliphatic carbocycles. The standard InChI is InChI=1S/C18H21N3O5S/c1-26-16-5-3-2-4-15(16)21-18(23)12-17(22)20-11-10-13-6-8-14(9-7-13)27(19,24)25/h2-9H,10-12H2,1H3,(H,20,22)(H,21,23)(H2,19,24,25). The first-order valence-electron chi connectivity index (χ1n) is 8.11. The van der Waals surface area contributed by atoms with Gasteiger partial charge in [-0.15, -0.1) is 0 Å². The van der Waals surface area contributed by atoms with Gasteiger partial charge in [-0.05, 0) is 36.2 Å². The van der Waals surface area contributed by atoms with Gasteiger partial charge in [0.15, 0.2) is 0 Å². The number of ether oxygens (including phenoxy) is 1. The van der Waals surface area contributed by atoms with Crippen LogP contribution in [-0.2, 0) is 26.0 Å². The van der Waals surface area contributed by atoms with Crippen LogP contribution in [0.1, 0.15) is 12.0 Å². The molecule has 8 nitrogen and oxygen atoms in total. The molecule has 0 aliphatic heterocycles. The monoisotopic (exact) mass is 391 g/mol. The third kappa shape index (κ3) is 6.39. The van der Waals surface area contributed by atoms with Crippen LogP contribution in [0.15, 0.2) is 53.4 Å². The van der Waals surface area contributed by atoms with Crippen LogP contribution in [-0.4, -0.2) is 33.9 Å². The van der Waals surface area contributed by atoms with Crippen LogP contribution in [0.2, 0.25) is 0 Å². The lowest BCUT2D eigenvalue weighted by molar-refractivity contribution is -0.126. The number of hydrogen-bond donors (Lipinski definition) is 3. The van der Waals surface area contributed by atoms with Crippen molar-refractivity contribution < 1.29 is 22.7 Å². The Kier molecular flexibility index (Phi) is 6.91. The minimum absolute atomic E-state index is 0.0308. The second-order valence-corrected chi connectivity index (χ2v) is 7.28. The van der Waals surface area contributed by atoms with E-state index in [1.807, 2.05) is 0 Å². The van der Waals surface area contributed by atoms with Crippen molar-refractivity contribution in [2.45, 2.75) is 17.7 Å². The Labute approximate surface area is 157 Å². The molecule has 144 valence electrons. The number of carbonyl (C=O) groups is 2. The fourth-order valence-corrected chi connectivity index (χ4v) is 2.86. The van der Waals surface area contributed by atoms with Crippen molar-refractivity contribution in [1.29, 1.82) is 0 Å². The number of sulfonamides is 1. The number of rotatable bonds is 8. The minimum Gasteiger partial charge on any atom is -0.495 e. The molecule has 0 aromatic heterocycles. The van der Waals surface area contributed by atoms with Crippen LogP contribution < -0.4 is 20.5 Å². The summed E-state index contributed by atoms with van der Waals surface area (Å²) in [6, 6.07) is 13.0. The number of anilines is 1. The van der Waals surface area contributed by atoms with E-state index in [0.717, 1.165) is 5.56 Å². The molecule has 0 unspecified atom stereocenters. The van der Waals surface area contributed by atoms with Gasteiger partial charge < -0.3 is 15.4 Å². The lowest BCUT2D eigenvalue weighted by atomic mass is 10.1. The molecule has 0 bridgehead atoms. The molecule has 0 fully saturated rings. The Morgan fingerprint density at radius 1 is 1.04 bits per heavy atom. The number of para-hydroxylation sites is 2. The van der Waals surface area contributed by atoms with E-state index < -0.39 is 21.8 Å². The van der Waals surface area contributed by atoms with Crippen LogP contribution in [0.4, 0.5) is 5.69 Å². The number of carbonyl (C=O) groups excluding carboxylic acids is 2. The number of primary sulfonamides is 1. The first kappa shape index (κ1) is 20.4. The van der Waals surface area contributed by atoms with Crippen LogP contribution in [0.25, 0.3) is 0 Å². The highest BCUT2D eigenvalue weighted by Gasteiger charge is 2.12. The number of nitrogens with one attached hydrogen (secondary N) is 2. The first-order chi connectivity index (χ1) is 12.8. The largest absolute Gasteiger partial charge is 0.495 e. The molecule has 9 heteroatoms. The summed E-state index contributed by atoms with van der Waals surface area (Å²) in [4.78, 5) is 23.9. The zero-order valence-corrected chi connectivity index (χ0v) is 15.6. The molecule has 0 spiro atoms. The maximum absolute atomic E-state index is 12.0. The molecule has 0 atom stereocenters. The lowest BCUT2D eigenvalue weighted by Crippen LogP contribution is -2.29. The van der Waals surface area contributed by atoms with Crippen LogP contribution in [0, 0.1) is 0 Å². The van der Waals surface area contributed by atoms with Gasteiger partial charge in [0.05, 0.1) is 17.7 Å². The molecule has 2 aromatic carbocycles. The smallest absolute Gasteiger partial charge is 0.238 e. The predicted octanol–water partition coefficient (Wildman–Crippen LogP) is 1.03. The second-order valence-electron chi connectivity index (χ2n) is 5.71. The van der Waals surface area contributed by atoms with Gasteiger partial charge >= 0.3 is 0 Å². The van der Waals surface area contributed by atoms with Crippen LogP contribution in [0.3, 0.4) is 0 Å². The van der Waals surface area contributed by atoms with Gasteiger partial charge in [-0.25, -0.2) is 13.6 Å². The molecule has 2 rings (SSSR count). The fraction of sp³-hybridized carbons (Fsp3) is 0.222. The topological polar surface area (TPSA) is 128 Å². The Balaban J connectivity index is 1.78. The average molecular weight is 391 g/mol. The van der Waals surface area contributed by atoms with Crippen molar-refractivity contribution in [3.8, 4) is 5.75 Å². The normalized spacial score (nSPS) is 10.9. The summed E-state index contributed by atoms with van der Waals surface area (Å²) in [5.41, 5.74) is 1.33. The van der Waals surface area contributed by atoms with Crippen molar-refractivity contribution in [1.82, 2.24) is 5.32 Å². The van der Waals surface area contributed by atoms with E-state index >= 15 is 0 Å². The van der Waals surface area contributed by atoms with Gasteiger partial charge in [0.2, 0.25) is 21.8 Å². The Bertz CT molecular complexity index is 911. The third-order valence-electron chi connectivity index (χ3n) is 3.69. The Hall–Kier alpha value is -2.91. The molecule has 2 amide bonds. The van der Waals surface area contributed by atoms with E-state index in [0.29, 0.717) is 24.4 Å². The molecule has 0 saturated carbocycles. The molecule has 4 N–H and O–H groups in total. The lowest BCUT2D eigenvalue weighted by Gasteiger charge is -2.10. The summed E-state index contributed by atoms with van der Waals surface area (Å²) in [7, 11) is -2.23. The third-order valence-corrected chi connectivity index (χ3v) is 4.62. The maximum atomic E-state index is 12.0. The van der Waals surface area contributed by atoms with E-state index in [-0.39, 0.29) is 11.3 Å². The highest BCUT2D eigenvalue weighted by molar-refractivity contribution is 7.89. The highest BCUT2D eigenvalue weighted by atomic mass is 32.2. The summed E-state index contributed by atoms with van der Waals surface area (Å²) < 4.78 is 27.5. The summed E-state index contributed by atoms with van der Waals surface area (Å²) >= 11 is 0. The van der Waals surface area contributed by atoms with Crippen LogP contribution >= 0.6 is 0 Å². The average Bonchev–Trinajstić information content (AvgIpc) is 2.61. The van der Waals surface area contributed by atoms with Gasteiger partial charge in [0.1, 0.15) is 12.2 Å². The fourth-order valence-electron chi connectivity index (χ4n) is 2.34. The van der Waals surface area contributed by atoms with E-state index in [1.165, 1.54) is 19.2 Å². The van der Waals surface area contributed by atoms with Gasteiger partial charge in [-0.1, -0.05) is 24.3 Å². The summed E-state index contributed by atoms with van der Waals surface area (Å²) in [6.45, 7) is 0.315. The molecule has 0 saturated heterocycles. The van der Waals surface area contributed by atoms with Crippen molar-refractivity contribution in [2.75, 3.05) is 19.0 Å². The molecule has 27 heavy (non-hydrogen) atoms. The van der Waals surface area contributed by atoms with Crippen molar-refractivity contribution in [3.05, 3.63) is 54.1 Å². The van der Waals surface area contributed by atoms with E-state index in [4.69, 9.17) is 9.88 Å². The summed E-state index contributed by atoms with van der Waals surface area (Å²) in [6.07, 6.45) is 0.174. The maximum Gasteiger partial charge on any atom is 0.238 e. The Morgan fingerprint density at radius 2 is 1.70 bits per heavy atom. The number of methoxy groups -OCH3 is 1. The van der Waals surface area contributed by atoms with Gasteiger partial charge in [0.25, 0.3) is 0 Å². The number of amides is 2. The number of benzene rings is 2. The first-order valence-corrected chi connectivity index (χ1v) is 9.65. The van der Waals surface area contributed by atoms with Gasteiger partial charge in [-0.3, -0.25) is 9.59 Å². The second kappa shape index (κ2) is 9.15. The molecular weight excluding hydrogens is 370 g/mol. The number of nitrogens with two attached hydrogens (primary N) is 1. The van der Waals surface area contributed by atoms with Crippen molar-refractivity contribution in [3.63, 3.8) is 0 Å². The van der Waals surface area contributed by atoms with E-state index in [2.05, 4.69) is 10.6 Å². The van der Waals surface area contributed by atoms with E-state index in [1.54, 1.807) is 36.4 Å². The Morgan fingerprint density at radius 3 is 2.33 bits per heavy atom. The SMILES string of the molecule is COc1ccccc1NC(=O)CC(=O)NCCc1ccc(S(N)(=O)=O)cc1. The zero-order chi connectivity index (χ0) is 19.9. The highest BCUT2D eigenvalue weighted by Crippen LogP contribution is 2.22. The summed E-state index contributed by atoms with van der Waals surface area (Å²) in [5, 5.41) is 10.3. The predicted molar refractivity (Wildman–Crippen MR) is 101 cm³/mol.